The van der Waals surface area contributed by atoms with Gasteiger partial charge in [0.1, 0.15) is 6.61 Å². The van der Waals surface area contributed by atoms with Crippen LogP contribution in [0.3, 0.4) is 0 Å². The molecule has 7 heteroatoms. The van der Waals surface area contributed by atoms with Crippen molar-refractivity contribution >= 4 is 5.97 Å². The van der Waals surface area contributed by atoms with E-state index in [1.165, 1.54) is 0 Å². The highest BCUT2D eigenvalue weighted by Crippen LogP contribution is 2.31. The van der Waals surface area contributed by atoms with Gasteiger partial charge in [0, 0.05) is 5.56 Å². The van der Waals surface area contributed by atoms with Crippen molar-refractivity contribution in [1.29, 1.82) is 0 Å². The molecule has 26 heavy (non-hydrogen) atoms. The molecule has 0 bridgehead atoms. The Bertz CT molecular complexity index is 937. The first-order valence-electron chi connectivity index (χ1n) is 8.14. The summed E-state index contributed by atoms with van der Waals surface area (Å²) in [7, 11) is 0. The minimum Gasteiger partial charge on any atom is -0.485 e. The SMILES string of the molecule is Cc1ccccc1-c1noc(COC(=O)[C@H]2COc3ccccc3O2)n1. The summed E-state index contributed by atoms with van der Waals surface area (Å²) in [4.78, 5) is 16.5. The van der Waals surface area contributed by atoms with E-state index in [9.17, 15) is 4.79 Å². The lowest BCUT2D eigenvalue weighted by Crippen LogP contribution is -2.37. The monoisotopic (exact) mass is 352 g/mol. The van der Waals surface area contributed by atoms with Crippen molar-refractivity contribution in [2.24, 2.45) is 0 Å². The zero-order valence-electron chi connectivity index (χ0n) is 14.0. The highest BCUT2D eigenvalue weighted by atomic mass is 16.6. The number of rotatable bonds is 4. The van der Waals surface area contributed by atoms with E-state index < -0.39 is 12.1 Å². The summed E-state index contributed by atoms with van der Waals surface area (Å²) in [6, 6.07) is 14.9. The maximum atomic E-state index is 12.2. The molecular weight excluding hydrogens is 336 g/mol. The van der Waals surface area contributed by atoms with E-state index in [4.69, 9.17) is 18.7 Å². The minimum atomic E-state index is -0.830. The van der Waals surface area contributed by atoms with Gasteiger partial charge in [0.2, 0.25) is 11.9 Å². The van der Waals surface area contributed by atoms with Gasteiger partial charge in [-0.1, -0.05) is 41.6 Å². The Balaban J connectivity index is 1.38. The van der Waals surface area contributed by atoms with Crippen molar-refractivity contribution < 1.29 is 23.5 Å². The number of hydrogen-bond acceptors (Lipinski definition) is 7. The van der Waals surface area contributed by atoms with Crippen LogP contribution >= 0.6 is 0 Å². The minimum absolute atomic E-state index is 0.0914. The summed E-state index contributed by atoms with van der Waals surface area (Å²) in [5.41, 5.74) is 1.90. The first kappa shape index (κ1) is 16.1. The molecule has 1 aromatic heterocycles. The molecule has 1 aliphatic rings. The fraction of sp³-hybridized carbons (Fsp3) is 0.211. The van der Waals surface area contributed by atoms with Crippen LogP contribution < -0.4 is 9.47 Å². The summed E-state index contributed by atoms with van der Waals surface area (Å²) >= 11 is 0. The fourth-order valence-corrected chi connectivity index (χ4v) is 2.61. The molecular formula is C19H16N2O5. The average Bonchev–Trinajstić information content (AvgIpc) is 3.15. The third kappa shape index (κ3) is 3.23. The lowest BCUT2D eigenvalue weighted by molar-refractivity contribution is -0.156. The molecule has 0 unspecified atom stereocenters. The predicted molar refractivity (Wildman–Crippen MR) is 90.6 cm³/mol. The molecule has 0 fully saturated rings. The summed E-state index contributed by atoms with van der Waals surface area (Å²) in [6.45, 7) is 1.93. The van der Waals surface area contributed by atoms with E-state index in [-0.39, 0.29) is 19.1 Å². The third-order valence-corrected chi connectivity index (χ3v) is 3.96. The normalized spacial score (nSPS) is 15.5. The van der Waals surface area contributed by atoms with Crippen LogP contribution in [0.25, 0.3) is 11.4 Å². The Morgan fingerprint density at radius 1 is 1.15 bits per heavy atom. The van der Waals surface area contributed by atoms with Gasteiger partial charge in [0.25, 0.3) is 5.89 Å². The molecule has 0 saturated carbocycles. The van der Waals surface area contributed by atoms with Gasteiger partial charge in [-0.2, -0.15) is 4.98 Å². The van der Waals surface area contributed by atoms with Crippen molar-refractivity contribution in [2.45, 2.75) is 19.6 Å². The number of para-hydroxylation sites is 2. The maximum Gasteiger partial charge on any atom is 0.351 e. The predicted octanol–water partition coefficient (Wildman–Crippen LogP) is 2.93. The first-order chi connectivity index (χ1) is 12.7. The van der Waals surface area contributed by atoms with E-state index in [0.717, 1.165) is 11.1 Å². The summed E-state index contributed by atoms with van der Waals surface area (Å²) < 4.78 is 21.5. The molecule has 2 aromatic carbocycles. The molecule has 0 radical (unpaired) electrons. The Morgan fingerprint density at radius 3 is 2.77 bits per heavy atom. The van der Waals surface area contributed by atoms with Gasteiger partial charge >= 0.3 is 5.97 Å². The fourth-order valence-electron chi connectivity index (χ4n) is 2.61. The van der Waals surface area contributed by atoms with E-state index >= 15 is 0 Å². The molecule has 3 aromatic rings. The molecule has 4 rings (SSSR count). The molecule has 0 amide bonds. The number of carbonyl (C=O) groups is 1. The van der Waals surface area contributed by atoms with Gasteiger partial charge in [-0.05, 0) is 24.6 Å². The van der Waals surface area contributed by atoms with Crippen LogP contribution in [0.2, 0.25) is 0 Å². The van der Waals surface area contributed by atoms with Crippen LogP contribution in [-0.4, -0.2) is 28.8 Å². The standard InChI is InChI=1S/C19H16N2O5/c1-12-6-2-3-7-13(12)18-20-17(26-21-18)11-24-19(22)16-10-23-14-8-4-5-9-15(14)25-16/h2-9,16H,10-11H2,1H3/t16-/m1/s1. The van der Waals surface area contributed by atoms with Crippen LogP contribution in [0.1, 0.15) is 11.5 Å². The molecule has 2 heterocycles. The van der Waals surface area contributed by atoms with Crippen LogP contribution in [0.4, 0.5) is 0 Å². The molecule has 1 aliphatic heterocycles. The number of benzene rings is 2. The molecule has 7 nitrogen and oxygen atoms in total. The second-order valence-electron chi connectivity index (χ2n) is 5.80. The Morgan fingerprint density at radius 2 is 1.92 bits per heavy atom. The zero-order valence-corrected chi connectivity index (χ0v) is 14.0. The number of esters is 1. The van der Waals surface area contributed by atoms with Gasteiger partial charge in [-0.15, -0.1) is 0 Å². The van der Waals surface area contributed by atoms with E-state index in [2.05, 4.69) is 10.1 Å². The number of carbonyl (C=O) groups excluding carboxylic acids is 1. The summed E-state index contributed by atoms with van der Waals surface area (Å²) in [5.74, 6) is 1.25. The van der Waals surface area contributed by atoms with Crippen molar-refractivity contribution in [2.75, 3.05) is 6.61 Å². The largest absolute Gasteiger partial charge is 0.485 e. The van der Waals surface area contributed by atoms with Gasteiger partial charge in [0.05, 0.1) is 0 Å². The second kappa shape index (κ2) is 6.87. The Labute approximate surface area is 149 Å². The summed E-state index contributed by atoms with van der Waals surface area (Å²) in [6.07, 6.45) is -0.830. The number of aromatic nitrogens is 2. The quantitative estimate of drug-likeness (QED) is 0.668. The second-order valence-corrected chi connectivity index (χ2v) is 5.80. The van der Waals surface area contributed by atoms with Crippen molar-refractivity contribution in [3.05, 3.63) is 60.0 Å². The third-order valence-electron chi connectivity index (χ3n) is 3.96. The zero-order chi connectivity index (χ0) is 17.9. The lowest BCUT2D eigenvalue weighted by Gasteiger charge is -2.24. The molecule has 0 aliphatic carbocycles. The smallest absolute Gasteiger partial charge is 0.351 e. The van der Waals surface area contributed by atoms with E-state index in [1.54, 1.807) is 18.2 Å². The molecule has 0 saturated heterocycles. The van der Waals surface area contributed by atoms with Gasteiger partial charge < -0.3 is 18.7 Å². The molecule has 0 N–H and O–H groups in total. The number of fused-ring (bicyclic) bond motifs is 1. The Kier molecular flexibility index (Phi) is 4.27. The first-order valence-corrected chi connectivity index (χ1v) is 8.14. The topological polar surface area (TPSA) is 83.7 Å². The highest BCUT2D eigenvalue weighted by molar-refractivity contribution is 5.76. The molecule has 0 spiro atoms. The van der Waals surface area contributed by atoms with Crippen molar-refractivity contribution in [1.82, 2.24) is 10.1 Å². The Hall–Kier alpha value is -3.35. The van der Waals surface area contributed by atoms with Crippen molar-refractivity contribution in [3.8, 4) is 22.9 Å². The average molecular weight is 352 g/mol. The summed E-state index contributed by atoms with van der Waals surface area (Å²) in [5, 5.41) is 3.93. The van der Waals surface area contributed by atoms with E-state index in [0.29, 0.717) is 17.3 Å². The number of hydrogen-bond donors (Lipinski definition) is 0. The van der Waals surface area contributed by atoms with Crippen molar-refractivity contribution in [3.63, 3.8) is 0 Å². The maximum absolute atomic E-state index is 12.2. The van der Waals surface area contributed by atoms with Crippen LogP contribution in [0.15, 0.2) is 53.1 Å². The van der Waals surface area contributed by atoms with Crippen LogP contribution in [-0.2, 0) is 16.1 Å². The van der Waals surface area contributed by atoms with Gasteiger partial charge in [0.15, 0.2) is 18.1 Å². The molecule has 132 valence electrons. The number of aryl methyl sites for hydroxylation is 1. The number of ether oxygens (including phenoxy) is 3. The van der Waals surface area contributed by atoms with Crippen LogP contribution in [0.5, 0.6) is 11.5 Å². The lowest BCUT2D eigenvalue weighted by atomic mass is 10.1. The molecule has 1 atom stereocenters. The van der Waals surface area contributed by atoms with E-state index in [1.807, 2.05) is 37.3 Å². The highest BCUT2D eigenvalue weighted by Gasteiger charge is 2.29. The van der Waals surface area contributed by atoms with Crippen LogP contribution in [0, 0.1) is 6.92 Å². The van der Waals surface area contributed by atoms with Gasteiger partial charge in [-0.25, -0.2) is 4.79 Å². The number of nitrogens with zero attached hydrogens (tertiary/aromatic N) is 2. The van der Waals surface area contributed by atoms with Gasteiger partial charge in [-0.3, -0.25) is 0 Å².